The third-order valence-corrected chi connectivity index (χ3v) is 3.43. The van der Waals surface area contributed by atoms with Gasteiger partial charge in [0, 0.05) is 6.04 Å². The molecule has 4 nitrogen and oxygen atoms in total. The molecule has 1 aromatic rings. The van der Waals surface area contributed by atoms with E-state index in [1.54, 1.807) is 0 Å². The second kappa shape index (κ2) is 5.98. The van der Waals surface area contributed by atoms with Gasteiger partial charge in [0.2, 0.25) is 0 Å². The van der Waals surface area contributed by atoms with E-state index < -0.39 is 6.10 Å². The van der Waals surface area contributed by atoms with Crippen LogP contribution in [0.4, 0.5) is 0 Å². The lowest BCUT2D eigenvalue weighted by atomic mass is 9.84. The molecular formula is C14H19NO3. The number of aliphatic hydroxyl groups is 1. The van der Waals surface area contributed by atoms with E-state index in [4.69, 9.17) is 10.5 Å². The number of hydrogen-bond donors (Lipinski definition) is 2. The average Bonchev–Trinajstić information content (AvgIpc) is 2.40. The summed E-state index contributed by atoms with van der Waals surface area (Å²) in [7, 11) is 0. The highest BCUT2D eigenvalue weighted by Gasteiger charge is 2.31. The van der Waals surface area contributed by atoms with Crippen molar-refractivity contribution in [3.63, 3.8) is 0 Å². The molecule has 0 bridgehead atoms. The van der Waals surface area contributed by atoms with Crippen LogP contribution in [0.15, 0.2) is 30.3 Å². The average molecular weight is 249 g/mol. The minimum Gasteiger partial charge on any atom is -0.461 e. The molecule has 0 amide bonds. The summed E-state index contributed by atoms with van der Waals surface area (Å²) < 4.78 is 5.26. The molecule has 4 heteroatoms. The molecule has 3 atom stereocenters. The Balaban J connectivity index is 1.82. The number of ether oxygens (including phenoxy) is 1. The van der Waals surface area contributed by atoms with Gasteiger partial charge in [-0.1, -0.05) is 30.3 Å². The first kappa shape index (κ1) is 13.1. The van der Waals surface area contributed by atoms with Crippen LogP contribution >= 0.6 is 0 Å². The van der Waals surface area contributed by atoms with Gasteiger partial charge in [-0.15, -0.1) is 0 Å². The summed E-state index contributed by atoms with van der Waals surface area (Å²) in [5.41, 5.74) is 6.67. The molecule has 1 aliphatic rings. The Labute approximate surface area is 107 Å². The van der Waals surface area contributed by atoms with Crippen LogP contribution in [0.25, 0.3) is 0 Å². The summed E-state index contributed by atoms with van der Waals surface area (Å²) in [6, 6.07) is 9.37. The van der Waals surface area contributed by atoms with Crippen LogP contribution in [0.3, 0.4) is 0 Å². The van der Waals surface area contributed by atoms with Gasteiger partial charge in [0.05, 0.1) is 12.0 Å². The maximum absolute atomic E-state index is 11.8. The Kier molecular flexibility index (Phi) is 4.33. The molecule has 18 heavy (non-hydrogen) atoms. The Morgan fingerprint density at radius 3 is 2.72 bits per heavy atom. The number of carbonyl (C=O) groups excluding carboxylic acids is 1. The zero-order valence-corrected chi connectivity index (χ0v) is 10.3. The van der Waals surface area contributed by atoms with Gasteiger partial charge < -0.3 is 15.6 Å². The number of hydrogen-bond acceptors (Lipinski definition) is 4. The summed E-state index contributed by atoms with van der Waals surface area (Å²) in [6.07, 6.45) is 1.19. The Hall–Kier alpha value is -1.39. The minimum atomic E-state index is -0.590. The van der Waals surface area contributed by atoms with Crippen molar-refractivity contribution in [2.75, 3.05) is 0 Å². The summed E-state index contributed by atoms with van der Waals surface area (Å²) in [6.45, 7) is 0.290. The topological polar surface area (TPSA) is 72.6 Å². The number of nitrogens with two attached hydrogens (primary N) is 1. The normalized spacial score (nSPS) is 27.8. The maximum atomic E-state index is 11.8. The highest BCUT2D eigenvalue weighted by atomic mass is 16.5. The third-order valence-electron chi connectivity index (χ3n) is 3.43. The SMILES string of the molecule is N[C@H]1CC[C@@H](C(=O)OCc2ccccc2)C[C@@H]1O. The highest BCUT2D eigenvalue weighted by molar-refractivity contribution is 5.72. The van der Waals surface area contributed by atoms with E-state index in [0.717, 1.165) is 5.56 Å². The predicted molar refractivity (Wildman–Crippen MR) is 67.6 cm³/mol. The van der Waals surface area contributed by atoms with Gasteiger partial charge in [0.15, 0.2) is 0 Å². The molecule has 1 aromatic carbocycles. The molecule has 0 aliphatic heterocycles. The standard InChI is InChI=1S/C14H19NO3/c15-12-7-6-11(8-13(12)16)14(17)18-9-10-4-2-1-3-5-10/h1-5,11-13,16H,6-9,15H2/t11-,12+,13+/m1/s1. The van der Waals surface area contributed by atoms with E-state index in [9.17, 15) is 9.90 Å². The van der Waals surface area contributed by atoms with Crippen LogP contribution in [0.2, 0.25) is 0 Å². The Morgan fingerprint density at radius 2 is 2.06 bits per heavy atom. The van der Waals surface area contributed by atoms with Gasteiger partial charge >= 0.3 is 5.97 Å². The number of esters is 1. The smallest absolute Gasteiger partial charge is 0.309 e. The molecule has 0 saturated heterocycles. The monoisotopic (exact) mass is 249 g/mol. The Bertz CT molecular complexity index is 393. The molecule has 0 spiro atoms. The van der Waals surface area contributed by atoms with E-state index in [1.807, 2.05) is 30.3 Å². The summed E-state index contributed by atoms with van der Waals surface area (Å²) in [4.78, 5) is 11.8. The van der Waals surface area contributed by atoms with Crippen LogP contribution in [-0.4, -0.2) is 23.2 Å². The van der Waals surface area contributed by atoms with E-state index >= 15 is 0 Å². The molecule has 0 aromatic heterocycles. The molecule has 0 radical (unpaired) electrons. The zero-order valence-electron chi connectivity index (χ0n) is 10.3. The molecule has 1 fully saturated rings. The first-order valence-electron chi connectivity index (χ1n) is 6.31. The van der Waals surface area contributed by atoms with Gasteiger partial charge in [-0.05, 0) is 24.8 Å². The first-order chi connectivity index (χ1) is 8.66. The van der Waals surface area contributed by atoms with Crippen LogP contribution in [0.1, 0.15) is 24.8 Å². The summed E-state index contributed by atoms with van der Waals surface area (Å²) >= 11 is 0. The quantitative estimate of drug-likeness (QED) is 0.790. The summed E-state index contributed by atoms with van der Waals surface area (Å²) in [5.74, 6) is -0.451. The van der Waals surface area contributed by atoms with Crippen molar-refractivity contribution in [3.8, 4) is 0 Å². The lowest BCUT2D eigenvalue weighted by molar-refractivity contribution is -0.152. The zero-order chi connectivity index (χ0) is 13.0. The van der Waals surface area contributed by atoms with E-state index in [1.165, 1.54) is 0 Å². The van der Waals surface area contributed by atoms with Gasteiger partial charge in [-0.3, -0.25) is 4.79 Å². The van der Waals surface area contributed by atoms with Crippen LogP contribution in [0, 0.1) is 5.92 Å². The first-order valence-corrected chi connectivity index (χ1v) is 6.31. The van der Waals surface area contributed by atoms with Gasteiger partial charge in [0.1, 0.15) is 6.61 Å². The van der Waals surface area contributed by atoms with E-state index in [0.29, 0.717) is 25.9 Å². The summed E-state index contributed by atoms with van der Waals surface area (Å²) in [5, 5.41) is 9.65. The lowest BCUT2D eigenvalue weighted by Crippen LogP contribution is -2.42. The van der Waals surface area contributed by atoms with Gasteiger partial charge in [-0.2, -0.15) is 0 Å². The van der Waals surface area contributed by atoms with Crippen molar-refractivity contribution in [1.29, 1.82) is 0 Å². The molecule has 2 rings (SSSR count). The largest absolute Gasteiger partial charge is 0.461 e. The van der Waals surface area contributed by atoms with Crippen molar-refractivity contribution in [1.82, 2.24) is 0 Å². The highest BCUT2D eigenvalue weighted by Crippen LogP contribution is 2.25. The fraction of sp³-hybridized carbons (Fsp3) is 0.500. The minimum absolute atomic E-state index is 0.205. The molecule has 1 aliphatic carbocycles. The molecule has 0 heterocycles. The Morgan fingerprint density at radius 1 is 1.33 bits per heavy atom. The van der Waals surface area contributed by atoms with E-state index in [-0.39, 0.29) is 17.9 Å². The fourth-order valence-corrected chi connectivity index (χ4v) is 2.23. The van der Waals surface area contributed by atoms with E-state index in [2.05, 4.69) is 0 Å². The maximum Gasteiger partial charge on any atom is 0.309 e. The number of aliphatic hydroxyl groups excluding tert-OH is 1. The molecule has 1 saturated carbocycles. The second-order valence-corrected chi connectivity index (χ2v) is 4.83. The molecule has 3 N–H and O–H groups in total. The van der Waals surface area contributed by atoms with Gasteiger partial charge in [0.25, 0.3) is 0 Å². The predicted octanol–water partition coefficient (Wildman–Crippen LogP) is 1.22. The van der Waals surface area contributed by atoms with Crippen LogP contribution in [0.5, 0.6) is 0 Å². The second-order valence-electron chi connectivity index (χ2n) is 4.83. The van der Waals surface area contributed by atoms with Crippen molar-refractivity contribution in [3.05, 3.63) is 35.9 Å². The fourth-order valence-electron chi connectivity index (χ4n) is 2.23. The van der Waals surface area contributed by atoms with Gasteiger partial charge in [-0.25, -0.2) is 0 Å². The molecular weight excluding hydrogens is 230 g/mol. The van der Waals surface area contributed by atoms with Crippen molar-refractivity contribution in [2.45, 2.75) is 38.0 Å². The lowest BCUT2D eigenvalue weighted by Gasteiger charge is -2.29. The van der Waals surface area contributed by atoms with Crippen LogP contribution in [-0.2, 0) is 16.1 Å². The van der Waals surface area contributed by atoms with Crippen molar-refractivity contribution >= 4 is 5.97 Å². The number of carbonyl (C=O) groups is 1. The van der Waals surface area contributed by atoms with Crippen LogP contribution < -0.4 is 5.73 Å². The molecule has 98 valence electrons. The number of rotatable bonds is 3. The molecule has 0 unspecified atom stereocenters. The number of benzene rings is 1. The van der Waals surface area contributed by atoms with Crippen molar-refractivity contribution < 1.29 is 14.6 Å². The van der Waals surface area contributed by atoms with Crippen molar-refractivity contribution in [2.24, 2.45) is 11.7 Å². The third kappa shape index (κ3) is 3.31.